The molecule has 4 nitrogen and oxygen atoms in total. The number of amides is 1. The van der Waals surface area contributed by atoms with Crippen LogP contribution < -0.4 is 11.1 Å². The van der Waals surface area contributed by atoms with Gasteiger partial charge < -0.3 is 15.8 Å². The molecule has 1 heterocycles. The third-order valence-electron chi connectivity index (χ3n) is 4.52. The lowest BCUT2D eigenvalue weighted by molar-refractivity contribution is 0.0908. The molecular formula is C16H20N2O2S. The predicted molar refractivity (Wildman–Crippen MR) is 85.0 cm³/mol. The number of nitrogens with two attached hydrogens (primary N) is 1. The summed E-state index contributed by atoms with van der Waals surface area (Å²) in [5, 5.41) is 3.09. The number of fused-ring (bicyclic) bond motifs is 1. The fourth-order valence-electron chi connectivity index (χ4n) is 3.19. The summed E-state index contributed by atoms with van der Waals surface area (Å²) in [5.41, 5.74) is 8.31. The third-order valence-corrected chi connectivity index (χ3v) is 4.91. The van der Waals surface area contributed by atoms with E-state index >= 15 is 0 Å². The van der Waals surface area contributed by atoms with Gasteiger partial charge in [-0.3, -0.25) is 4.79 Å². The standard InChI is InChI=1S/C16H20N2O2S/c17-15(21)16(6-2-1-3-7-16)18-14(19)11-4-5-12-9-20-10-13(12)8-11/h4-5,8H,1-3,6-7,9-10H2,(H2,17,21)(H,18,19). The van der Waals surface area contributed by atoms with Crippen LogP contribution in [0.25, 0.3) is 0 Å². The quantitative estimate of drug-likeness (QED) is 0.842. The lowest BCUT2D eigenvalue weighted by Crippen LogP contribution is -2.57. The fourth-order valence-corrected chi connectivity index (χ4v) is 3.45. The highest BCUT2D eigenvalue weighted by Gasteiger charge is 2.36. The topological polar surface area (TPSA) is 64.3 Å². The molecule has 0 bridgehead atoms. The molecule has 3 N–H and O–H groups in total. The number of rotatable bonds is 3. The average Bonchev–Trinajstić information content (AvgIpc) is 2.95. The lowest BCUT2D eigenvalue weighted by Gasteiger charge is -2.37. The Morgan fingerprint density at radius 3 is 2.62 bits per heavy atom. The first-order valence-electron chi connectivity index (χ1n) is 7.43. The van der Waals surface area contributed by atoms with Crippen LogP contribution in [0.3, 0.4) is 0 Å². The Morgan fingerprint density at radius 2 is 1.90 bits per heavy atom. The Hall–Kier alpha value is -1.46. The second-order valence-electron chi connectivity index (χ2n) is 5.94. The molecule has 1 saturated carbocycles. The molecule has 112 valence electrons. The molecule has 1 fully saturated rings. The molecular weight excluding hydrogens is 284 g/mol. The van der Waals surface area contributed by atoms with E-state index in [2.05, 4.69) is 5.32 Å². The first-order valence-corrected chi connectivity index (χ1v) is 7.83. The molecule has 0 radical (unpaired) electrons. The Bertz CT molecular complexity index is 580. The molecule has 1 aliphatic carbocycles. The second-order valence-corrected chi connectivity index (χ2v) is 6.38. The number of benzene rings is 1. The first kappa shape index (κ1) is 14.5. The zero-order valence-corrected chi connectivity index (χ0v) is 12.8. The molecule has 1 aromatic carbocycles. The molecule has 0 aromatic heterocycles. The van der Waals surface area contributed by atoms with E-state index < -0.39 is 5.54 Å². The van der Waals surface area contributed by atoms with Gasteiger partial charge in [-0.2, -0.15) is 0 Å². The van der Waals surface area contributed by atoms with Gasteiger partial charge in [-0.1, -0.05) is 37.5 Å². The van der Waals surface area contributed by atoms with Gasteiger partial charge in [0.15, 0.2) is 0 Å². The summed E-state index contributed by atoms with van der Waals surface area (Å²) in [7, 11) is 0. The zero-order valence-electron chi connectivity index (χ0n) is 12.0. The maximum atomic E-state index is 12.6. The summed E-state index contributed by atoms with van der Waals surface area (Å²) >= 11 is 5.22. The summed E-state index contributed by atoms with van der Waals surface area (Å²) in [6.07, 6.45) is 4.95. The van der Waals surface area contributed by atoms with E-state index in [1.807, 2.05) is 18.2 Å². The van der Waals surface area contributed by atoms with E-state index in [4.69, 9.17) is 22.7 Å². The van der Waals surface area contributed by atoms with Crippen molar-refractivity contribution in [3.63, 3.8) is 0 Å². The average molecular weight is 304 g/mol. The van der Waals surface area contributed by atoms with Gasteiger partial charge in [0.2, 0.25) is 0 Å². The maximum Gasteiger partial charge on any atom is 0.252 e. The molecule has 0 saturated heterocycles. The number of hydrogen-bond donors (Lipinski definition) is 2. The fraction of sp³-hybridized carbons (Fsp3) is 0.500. The Balaban J connectivity index is 1.80. The summed E-state index contributed by atoms with van der Waals surface area (Å²) in [5.74, 6) is -0.0978. The number of carbonyl (C=O) groups excluding carboxylic acids is 1. The minimum atomic E-state index is -0.514. The summed E-state index contributed by atoms with van der Waals surface area (Å²) in [4.78, 5) is 13.0. The van der Waals surface area contributed by atoms with Gasteiger partial charge in [-0.25, -0.2) is 0 Å². The zero-order chi connectivity index (χ0) is 14.9. The number of ether oxygens (including phenoxy) is 1. The van der Waals surface area contributed by atoms with Crippen LogP contribution in [-0.4, -0.2) is 16.4 Å². The van der Waals surface area contributed by atoms with Crippen molar-refractivity contribution in [2.24, 2.45) is 5.73 Å². The molecule has 0 atom stereocenters. The van der Waals surface area contributed by atoms with Gasteiger partial charge in [-0.15, -0.1) is 0 Å². The molecule has 1 amide bonds. The Labute approximate surface area is 130 Å². The van der Waals surface area contributed by atoms with Crippen LogP contribution in [0, 0.1) is 0 Å². The van der Waals surface area contributed by atoms with E-state index in [9.17, 15) is 4.79 Å². The maximum absolute atomic E-state index is 12.6. The van der Waals surface area contributed by atoms with Crippen LogP contribution in [0.2, 0.25) is 0 Å². The number of carbonyl (C=O) groups is 1. The van der Waals surface area contributed by atoms with Crippen molar-refractivity contribution in [2.75, 3.05) is 0 Å². The Kier molecular flexibility index (Phi) is 3.95. The predicted octanol–water partition coefficient (Wildman–Crippen LogP) is 2.44. The van der Waals surface area contributed by atoms with Crippen molar-refractivity contribution in [2.45, 2.75) is 50.9 Å². The second kappa shape index (κ2) is 5.73. The van der Waals surface area contributed by atoms with E-state index in [0.717, 1.165) is 36.8 Å². The smallest absolute Gasteiger partial charge is 0.252 e. The van der Waals surface area contributed by atoms with Crippen molar-refractivity contribution in [1.82, 2.24) is 5.32 Å². The highest BCUT2D eigenvalue weighted by atomic mass is 32.1. The molecule has 3 rings (SSSR count). The van der Waals surface area contributed by atoms with Crippen LogP contribution in [0.5, 0.6) is 0 Å². The summed E-state index contributed by atoms with van der Waals surface area (Å²) in [6, 6.07) is 5.72. The minimum Gasteiger partial charge on any atom is -0.391 e. The minimum absolute atomic E-state index is 0.0978. The largest absolute Gasteiger partial charge is 0.391 e. The van der Waals surface area contributed by atoms with Gasteiger partial charge in [-0.05, 0) is 36.1 Å². The molecule has 21 heavy (non-hydrogen) atoms. The van der Waals surface area contributed by atoms with Gasteiger partial charge in [0, 0.05) is 5.56 Å². The van der Waals surface area contributed by atoms with E-state index in [-0.39, 0.29) is 5.91 Å². The van der Waals surface area contributed by atoms with Crippen LogP contribution in [0.15, 0.2) is 18.2 Å². The van der Waals surface area contributed by atoms with Crippen LogP contribution in [0.1, 0.15) is 53.6 Å². The highest BCUT2D eigenvalue weighted by Crippen LogP contribution is 2.29. The van der Waals surface area contributed by atoms with Crippen LogP contribution >= 0.6 is 12.2 Å². The van der Waals surface area contributed by atoms with Gasteiger partial charge in [0.25, 0.3) is 5.91 Å². The molecule has 5 heteroatoms. The molecule has 0 unspecified atom stereocenters. The number of hydrogen-bond acceptors (Lipinski definition) is 3. The lowest BCUT2D eigenvalue weighted by atomic mass is 9.81. The van der Waals surface area contributed by atoms with Crippen molar-refractivity contribution in [3.8, 4) is 0 Å². The van der Waals surface area contributed by atoms with Crippen LogP contribution in [0.4, 0.5) is 0 Å². The molecule has 2 aliphatic rings. The highest BCUT2D eigenvalue weighted by molar-refractivity contribution is 7.80. The molecule has 0 spiro atoms. The first-order chi connectivity index (χ1) is 10.1. The van der Waals surface area contributed by atoms with Crippen molar-refractivity contribution in [3.05, 3.63) is 34.9 Å². The van der Waals surface area contributed by atoms with Crippen molar-refractivity contribution in [1.29, 1.82) is 0 Å². The normalized spacial score (nSPS) is 19.8. The summed E-state index contributed by atoms with van der Waals surface area (Å²) < 4.78 is 5.39. The van der Waals surface area contributed by atoms with Gasteiger partial charge in [0.05, 0.1) is 23.7 Å². The summed E-state index contributed by atoms with van der Waals surface area (Å²) in [6.45, 7) is 1.21. The monoisotopic (exact) mass is 304 g/mol. The van der Waals surface area contributed by atoms with Crippen molar-refractivity contribution >= 4 is 23.1 Å². The van der Waals surface area contributed by atoms with Crippen LogP contribution in [-0.2, 0) is 18.0 Å². The number of nitrogens with one attached hydrogen (secondary N) is 1. The van der Waals surface area contributed by atoms with Gasteiger partial charge >= 0.3 is 0 Å². The van der Waals surface area contributed by atoms with Crippen molar-refractivity contribution < 1.29 is 9.53 Å². The Morgan fingerprint density at radius 1 is 1.19 bits per heavy atom. The molecule has 1 aromatic rings. The number of thiocarbonyl (C=S) groups is 1. The third kappa shape index (κ3) is 2.80. The van der Waals surface area contributed by atoms with E-state index in [1.165, 1.54) is 6.42 Å². The molecule has 1 aliphatic heterocycles. The van der Waals surface area contributed by atoms with Gasteiger partial charge in [0.1, 0.15) is 0 Å². The van der Waals surface area contributed by atoms with E-state index in [0.29, 0.717) is 23.8 Å². The van der Waals surface area contributed by atoms with E-state index in [1.54, 1.807) is 0 Å². The SMILES string of the molecule is NC(=S)C1(NC(=O)c2ccc3c(c2)COC3)CCCCC1.